The molecule has 0 saturated carbocycles. The van der Waals surface area contributed by atoms with E-state index >= 15 is 0 Å². The number of thiazole rings is 1. The second-order valence-electron chi connectivity index (χ2n) is 7.40. The van der Waals surface area contributed by atoms with Gasteiger partial charge < -0.3 is 14.8 Å². The van der Waals surface area contributed by atoms with Crippen LogP contribution in [0.5, 0.6) is 0 Å². The highest BCUT2D eigenvalue weighted by atomic mass is 32.1. The minimum absolute atomic E-state index is 0.105. The zero-order chi connectivity index (χ0) is 18.4. The van der Waals surface area contributed by atoms with Crippen molar-refractivity contribution < 1.29 is 4.79 Å². The lowest BCUT2D eigenvalue weighted by Crippen LogP contribution is -2.51. The number of amides is 1. The third-order valence-corrected chi connectivity index (χ3v) is 6.57. The van der Waals surface area contributed by atoms with Crippen molar-refractivity contribution in [2.75, 3.05) is 18.4 Å². The summed E-state index contributed by atoms with van der Waals surface area (Å²) in [5.74, 6) is 0.182. The molecule has 138 valence electrons. The Morgan fingerprint density at radius 1 is 1.22 bits per heavy atom. The van der Waals surface area contributed by atoms with Gasteiger partial charge in [0.15, 0.2) is 0 Å². The van der Waals surface area contributed by atoms with Crippen molar-refractivity contribution in [3.8, 4) is 5.69 Å². The Morgan fingerprint density at radius 3 is 2.81 bits per heavy atom. The van der Waals surface area contributed by atoms with Crippen LogP contribution in [0.25, 0.3) is 5.69 Å². The average Bonchev–Trinajstić information content (AvgIpc) is 3.32. The number of aryl methyl sites for hydroxylation is 1. The van der Waals surface area contributed by atoms with Crippen LogP contribution in [-0.4, -0.2) is 33.4 Å². The number of piperidine rings is 1. The van der Waals surface area contributed by atoms with Gasteiger partial charge in [-0.3, -0.25) is 4.79 Å². The Kier molecular flexibility index (Phi) is 3.82. The van der Waals surface area contributed by atoms with Gasteiger partial charge in [0, 0.05) is 30.4 Å². The number of carbonyl (C=O) groups is 1. The van der Waals surface area contributed by atoms with E-state index in [4.69, 9.17) is 0 Å². The normalized spacial score (nSPS) is 17.3. The van der Waals surface area contributed by atoms with Crippen molar-refractivity contribution >= 4 is 22.9 Å². The molecular formula is C21H22N4OS. The van der Waals surface area contributed by atoms with Crippen LogP contribution in [-0.2, 0) is 16.8 Å². The first kappa shape index (κ1) is 16.6. The number of likely N-dealkylation sites (tertiary alicyclic amines) is 1. The summed E-state index contributed by atoms with van der Waals surface area (Å²) in [5, 5.41) is 6.80. The third kappa shape index (κ3) is 2.75. The molecule has 5 rings (SSSR count). The molecule has 0 atom stereocenters. The van der Waals surface area contributed by atoms with E-state index in [2.05, 4.69) is 57.5 Å². The van der Waals surface area contributed by atoms with E-state index in [0.29, 0.717) is 6.42 Å². The lowest BCUT2D eigenvalue weighted by molar-refractivity contribution is -0.132. The number of nitrogens with zero attached hydrogens (tertiary/aromatic N) is 3. The molecule has 2 aliphatic heterocycles. The molecule has 4 heterocycles. The van der Waals surface area contributed by atoms with Gasteiger partial charge in [0.05, 0.1) is 34.0 Å². The number of carbonyl (C=O) groups excluding carboxylic acids is 1. The molecular weight excluding hydrogens is 356 g/mol. The van der Waals surface area contributed by atoms with Crippen LogP contribution in [0.15, 0.2) is 48.0 Å². The number of anilines is 1. The monoisotopic (exact) mass is 378 g/mol. The van der Waals surface area contributed by atoms with E-state index in [1.807, 2.05) is 17.2 Å². The summed E-state index contributed by atoms with van der Waals surface area (Å²) < 4.78 is 2.29. The zero-order valence-electron chi connectivity index (χ0n) is 15.3. The van der Waals surface area contributed by atoms with Crippen LogP contribution < -0.4 is 5.32 Å². The van der Waals surface area contributed by atoms with Crippen LogP contribution in [0.3, 0.4) is 0 Å². The summed E-state index contributed by atoms with van der Waals surface area (Å²) in [6.07, 6.45) is 4.36. The van der Waals surface area contributed by atoms with Gasteiger partial charge in [-0.1, -0.05) is 12.1 Å². The molecule has 0 unspecified atom stereocenters. The van der Waals surface area contributed by atoms with E-state index < -0.39 is 0 Å². The van der Waals surface area contributed by atoms with Gasteiger partial charge in [-0.2, -0.15) is 0 Å². The summed E-state index contributed by atoms with van der Waals surface area (Å²) >= 11 is 1.60. The van der Waals surface area contributed by atoms with Crippen molar-refractivity contribution in [1.29, 1.82) is 0 Å². The number of benzene rings is 1. The maximum absolute atomic E-state index is 12.7. The molecule has 1 spiro atoms. The van der Waals surface area contributed by atoms with E-state index in [1.54, 1.807) is 11.3 Å². The Morgan fingerprint density at radius 2 is 2.04 bits per heavy atom. The van der Waals surface area contributed by atoms with Gasteiger partial charge in [-0.25, -0.2) is 4.98 Å². The minimum atomic E-state index is -0.105. The number of fused-ring (bicyclic) bond motifs is 4. The van der Waals surface area contributed by atoms with Gasteiger partial charge >= 0.3 is 0 Å². The number of hydrogen-bond donors (Lipinski definition) is 1. The fourth-order valence-electron chi connectivity index (χ4n) is 4.37. The number of para-hydroxylation sites is 2. The average molecular weight is 379 g/mol. The summed E-state index contributed by atoms with van der Waals surface area (Å²) in [6.45, 7) is 3.51. The van der Waals surface area contributed by atoms with Gasteiger partial charge in [-0.05, 0) is 44.0 Å². The Hall–Kier alpha value is -2.60. The van der Waals surface area contributed by atoms with E-state index in [0.717, 1.165) is 36.6 Å². The molecule has 0 bridgehead atoms. The molecule has 2 aliphatic rings. The standard InChI is InChI=1S/C21H22N4OS/c1-15-22-16(14-27-15)13-20(26)24-11-8-21(9-12-24)19-7-4-10-25(19)18-6-3-2-5-17(18)23-21/h2-7,10,14,23H,8-9,11-13H2,1H3. The second kappa shape index (κ2) is 6.23. The molecule has 1 saturated heterocycles. The Bertz CT molecular complexity index is 997. The van der Waals surface area contributed by atoms with Crippen molar-refractivity contribution in [3.05, 3.63) is 64.4 Å². The zero-order valence-corrected chi connectivity index (χ0v) is 16.1. The summed E-state index contributed by atoms with van der Waals surface area (Å²) in [4.78, 5) is 19.1. The first-order chi connectivity index (χ1) is 13.1. The van der Waals surface area contributed by atoms with Crippen LogP contribution in [0.1, 0.15) is 29.2 Å². The Balaban J connectivity index is 1.35. The number of rotatable bonds is 2. The Labute approximate surface area is 162 Å². The molecule has 0 radical (unpaired) electrons. The summed E-state index contributed by atoms with van der Waals surface area (Å²) in [5.41, 5.74) is 4.44. The number of hydrogen-bond acceptors (Lipinski definition) is 4. The van der Waals surface area contributed by atoms with E-state index in [9.17, 15) is 4.79 Å². The highest BCUT2D eigenvalue weighted by molar-refractivity contribution is 7.09. The second-order valence-corrected chi connectivity index (χ2v) is 8.47. The lowest BCUT2D eigenvalue weighted by atomic mass is 9.82. The summed E-state index contributed by atoms with van der Waals surface area (Å²) in [6, 6.07) is 12.8. The highest BCUT2D eigenvalue weighted by Crippen LogP contribution is 2.43. The fourth-order valence-corrected chi connectivity index (χ4v) is 4.98. The maximum Gasteiger partial charge on any atom is 0.228 e. The minimum Gasteiger partial charge on any atom is -0.372 e. The van der Waals surface area contributed by atoms with Crippen molar-refractivity contribution in [2.45, 2.75) is 31.7 Å². The van der Waals surface area contributed by atoms with Crippen molar-refractivity contribution in [3.63, 3.8) is 0 Å². The van der Waals surface area contributed by atoms with Crippen LogP contribution in [0.2, 0.25) is 0 Å². The molecule has 0 aliphatic carbocycles. The first-order valence-corrected chi connectivity index (χ1v) is 10.3. The fraction of sp³-hybridized carbons (Fsp3) is 0.333. The van der Waals surface area contributed by atoms with Crippen LogP contribution >= 0.6 is 11.3 Å². The third-order valence-electron chi connectivity index (χ3n) is 5.75. The molecule has 1 N–H and O–H groups in total. The number of aromatic nitrogens is 2. The summed E-state index contributed by atoms with van der Waals surface area (Å²) in [7, 11) is 0. The van der Waals surface area contributed by atoms with Crippen LogP contribution in [0.4, 0.5) is 5.69 Å². The van der Waals surface area contributed by atoms with Gasteiger partial charge in [0.1, 0.15) is 0 Å². The first-order valence-electron chi connectivity index (χ1n) is 9.39. The quantitative estimate of drug-likeness (QED) is 0.739. The van der Waals surface area contributed by atoms with Crippen molar-refractivity contribution in [1.82, 2.24) is 14.5 Å². The van der Waals surface area contributed by atoms with Crippen LogP contribution in [0, 0.1) is 6.92 Å². The molecule has 3 aromatic rings. The highest BCUT2D eigenvalue weighted by Gasteiger charge is 2.42. The van der Waals surface area contributed by atoms with Gasteiger partial charge in [0.2, 0.25) is 5.91 Å². The molecule has 2 aromatic heterocycles. The molecule has 1 fully saturated rings. The SMILES string of the molecule is Cc1nc(CC(=O)N2CCC3(CC2)Nc2ccccc2-n2cccc23)cs1. The van der Waals surface area contributed by atoms with Gasteiger partial charge in [0.25, 0.3) is 0 Å². The number of nitrogens with one attached hydrogen (secondary N) is 1. The predicted molar refractivity (Wildman–Crippen MR) is 107 cm³/mol. The lowest BCUT2D eigenvalue weighted by Gasteiger charge is -2.46. The smallest absolute Gasteiger partial charge is 0.228 e. The van der Waals surface area contributed by atoms with Gasteiger partial charge in [-0.15, -0.1) is 11.3 Å². The molecule has 27 heavy (non-hydrogen) atoms. The van der Waals surface area contributed by atoms with Crippen molar-refractivity contribution in [2.24, 2.45) is 0 Å². The predicted octanol–water partition coefficient (Wildman–Crippen LogP) is 3.73. The topological polar surface area (TPSA) is 50.2 Å². The van der Waals surface area contributed by atoms with E-state index in [1.165, 1.54) is 17.1 Å². The molecule has 5 nitrogen and oxygen atoms in total. The largest absolute Gasteiger partial charge is 0.372 e. The molecule has 1 amide bonds. The van der Waals surface area contributed by atoms with E-state index in [-0.39, 0.29) is 11.4 Å². The molecule has 1 aromatic carbocycles. The maximum atomic E-state index is 12.7. The molecule has 6 heteroatoms.